The predicted octanol–water partition coefficient (Wildman–Crippen LogP) is 0.332. The van der Waals surface area contributed by atoms with Gasteiger partial charge in [-0.3, -0.25) is 14.8 Å². The third-order valence-electron chi connectivity index (χ3n) is 1.26. The van der Waals surface area contributed by atoms with E-state index in [0.29, 0.717) is 0 Å². The fourth-order valence-electron chi connectivity index (χ4n) is 0.799. The second-order valence-electron chi connectivity index (χ2n) is 2.34. The molecular weight excluding hydrogens is 132 g/mol. The molecule has 4 heteroatoms. The van der Waals surface area contributed by atoms with Gasteiger partial charge in [-0.15, -0.1) is 0 Å². The van der Waals surface area contributed by atoms with E-state index in [2.05, 4.69) is 9.98 Å². The lowest BCUT2D eigenvalue weighted by Gasteiger charge is -2.12. The lowest BCUT2D eigenvalue weighted by molar-refractivity contribution is -0.138. The molecule has 0 radical (unpaired) electrons. The van der Waals surface area contributed by atoms with Gasteiger partial charge in [0.2, 0.25) is 0 Å². The van der Waals surface area contributed by atoms with Crippen LogP contribution in [0.2, 0.25) is 0 Å². The molecule has 0 aromatic heterocycles. The van der Waals surface area contributed by atoms with E-state index in [1.807, 2.05) is 0 Å². The molecule has 1 aliphatic heterocycles. The van der Waals surface area contributed by atoms with Crippen molar-refractivity contribution < 1.29 is 9.90 Å². The van der Waals surface area contributed by atoms with Crippen LogP contribution < -0.4 is 0 Å². The summed E-state index contributed by atoms with van der Waals surface area (Å²) in [5, 5.41) is 8.39. The minimum Gasteiger partial charge on any atom is -0.481 e. The standard InChI is InChI=1S/C6H8N2O2/c1-6(4-5(9)10)7-2-3-8-6/h2-3H,4H2,1H3,(H,9,10). The minimum atomic E-state index is -0.876. The van der Waals surface area contributed by atoms with Gasteiger partial charge in [-0.25, -0.2) is 0 Å². The van der Waals surface area contributed by atoms with Crippen molar-refractivity contribution in [1.82, 2.24) is 0 Å². The Balaban J connectivity index is 2.62. The first-order valence-electron chi connectivity index (χ1n) is 2.93. The third kappa shape index (κ3) is 1.40. The summed E-state index contributed by atoms with van der Waals surface area (Å²) in [5.74, 6) is -0.876. The molecule has 0 bridgehead atoms. The number of carboxylic acid groups (broad SMARTS) is 1. The largest absolute Gasteiger partial charge is 0.481 e. The highest BCUT2D eigenvalue weighted by Crippen LogP contribution is 2.18. The van der Waals surface area contributed by atoms with Crippen LogP contribution in [0.25, 0.3) is 0 Å². The van der Waals surface area contributed by atoms with Crippen molar-refractivity contribution in [1.29, 1.82) is 0 Å². The molecule has 54 valence electrons. The first-order valence-corrected chi connectivity index (χ1v) is 2.93. The molecule has 0 atom stereocenters. The van der Waals surface area contributed by atoms with Crippen LogP contribution in [0, 0.1) is 0 Å². The van der Waals surface area contributed by atoms with E-state index in [0.717, 1.165) is 0 Å². The highest BCUT2D eigenvalue weighted by atomic mass is 16.4. The average molecular weight is 140 g/mol. The summed E-state index contributed by atoms with van der Waals surface area (Å²) >= 11 is 0. The first kappa shape index (κ1) is 6.92. The van der Waals surface area contributed by atoms with E-state index in [1.54, 1.807) is 6.92 Å². The van der Waals surface area contributed by atoms with Crippen molar-refractivity contribution in [3.05, 3.63) is 0 Å². The lowest BCUT2D eigenvalue weighted by Crippen LogP contribution is -2.20. The zero-order valence-corrected chi connectivity index (χ0v) is 5.61. The van der Waals surface area contributed by atoms with Gasteiger partial charge in [-0.2, -0.15) is 0 Å². The highest BCUT2D eigenvalue weighted by molar-refractivity contribution is 6.17. The second-order valence-corrected chi connectivity index (χ2v) is 2.34. The van der Waals surface area contributed by atoms with Crippen LogP contribution in [0.4, 0.5) is 0 Å². The molecule has 0 saturated carbocycles. The summed E-state index contributed by atoms with van der Waals surface area (Å²) in [6.45, 7) is 1.68. The van der Waals surface area contributed by atoms with Gasteiger partial charge in [-0.05, 0) is 6.92 Å². The average Bonchev–Trinajstić information content (AvgIpc) is 2.12. The Kier molecular flexibility index (Phi) is 1.53. The van der Waals surface area contributed by atoms with Crippen LogP contribution >= 0.6 is 0 Å². The van der Waals surface area contributed by atoms with Crippen molar-refractivity contribution in [2.24, 2.45) is 9.98 Å². The zero-order chi connectivity index (χ0) is 7.61. The second kappa shape index (κ2) is 2.21. The zero-order valence-electron chi connectivity index (χ0n) is 5.61. The van der Waals surface area contributed by atoms with Crippen molar-refractivity contribution in [2.75, 3.05) is 0 Å². The molecular formula is C6H8N2O2. The molecule has 0 aliphatic carbocycles. The van der Waals surface area contributed by atoms with Crippen molar-refractivity contribution >= 4 is 18.4 Å². The number of carbonyl (C=O) groups is 1. The van der Waals surface area contributed by atoms with Gasteiger partial charge in [0, 0.05) is 12.4 Å². The number of hydrogen-bond donors (Lipinski definition) is 1. The Morgan fingerprint density at radius 3 is 2.50 bits per heavy atom. The number of hydrogen-bond acceptors (Lipinski definition) is 3. The smallest absolute Gasteiger partial charge is 0.307 e. The fraction of sp³-hybridized carbons (Fsp3) is 0.500. The first-order chi connectivity index (χ1) is 4.62. The minimum absolute atomic E-state index is 0.0417. The van der Waals surface area contributed by atoms with Gasteiger partial charge in [0.1, 0.15) is 0 Å². The van der Waals surface area contributed by atoms with E-state index < -0.39 is 11.6 Å². The maximum atomic E-state index is 10.2. The van der Waals surface area contributed by atoms with Crippen molar-refractivity contribution in [3.63, 3.8) is 0 Å². The van der Waals surface area contributed by atoms with Gasteiger partial charge in [0.15, 0.2) is 5.66 Å². The summed E-state index contributed by atoms with van der Waals surface area (Å²) in [4.78, 5) is 18.0. The number of rotatable bonds is 2. The number of aliphatic imine (C=N–C) groups is 2. The Hall–Kier alpha value is -1.19. The Morgan fingerprint density at radius 1 is 1.60 bits per heavy atom. The van der Waals surface area contributed by atoms with Crippen LogP contribution in [0.3, 0.4) is 0 Å². The Labute approximate surface area is 58.3 Å². The monoisotopic (exact) mass is 140 g/mol. The number of aliphatic carboxylic acids is 1. The molecule has 0 spiro atoms. The van der Waals surface area contributed by atoms with Gasteiger partial charge in [0.05, 0.1) is 6.42 Å². The third-order valence-corrected chi connectivity index (χ3v) is 1.26. The maximum Gasteiger partial charge on any atom is 0.307 e. The quantitative estimate of drug-likeness (QED) is 0.600. The summed E-state index contributed by atoms with van der Waals surface area (Å²) in [7, 11) is 0. The molecule has 1 rings (SSSR count). The molecule has 1 N–H and O–H groups in total. The molecule has 0 fully saturated rings. The molecule has 0 aromatic carbocycles. The van der Waals surface area contributed by atoms with E-state index in [4.69, 9.17) is 5.11 Å². The van der Waals surface area contributed by atoms with Crippen molar-refractivity contribution in [2.45, 2.75) is 19.0 Å². The summed E-state index contributed by atoms with van der Waals surface area (Å²) in [6.07, 6.45) is 2.99. The van der Waals surface area contributed by atoms with Gasteiger partial charge < -0.3 is 5.11 Å². The van der Waals surface area contributed by atoms with Crippen molar-refractivity contribution in [3.8, 4) is 0 Å². The maximum absolute atomic E-state index is 10.2. The molecule has 0 amide bonds. The van der Waals surface area contributed by atoms with Crippen LogP contribution in [-0.2, 0) is 4.79 Å². The molecule has 1 aliphatic rings. The van der Waals surface area contributed by atoms with Crippen LogP contribution in [0.1, 0.15) is 13.3 Å². The van der Waals surface area contributed by atoms with Crippen LogP contribution in [-0.4, -0.2) is 29.2 Å². The topological polar surface area (TPSA) is 62.0 Å². The Morgan fingerprint density at radius 2 is 2.10 bits per heavy atom. The molecule has 0 aromatic rings. The van der Waals surface area contributed by atoms with E-state index in [1.165, 1.54) is 12.4 Å². The SMILES string of the molecule is CC1(CC(=O)O)N=CC=N1. The molecule has 1 heterocycles. The molecule has 4 nitrogen and oxygen atoms in total. The van der Waals surface area contributed by atoms with E-state index in [9.17, 15) is 4.79 Å². The summed E-state index contributed by atoms with van der Waals surface area (Å²) in [6, 6.07) is 0. The van der Waals surface area contributed by atoms with Gasteiger partial charge >= 0.3 is 5.97 Å². The summed E-state index contributed by atoms with van der Waals surface area (Å²) in [5.41, 5.74) is -0.744. The normalized spacial score (nSPS) is 19.7. The molecule has 0 unspecified atom stereocenters. The van der Waals surface area contributed by atoms with Gasteiger partial charge in [0.25, 0.3) is 0 Å². The number of carboxylic acids is 1. The van der Waals surface area contributed by atoms with Gasteiger partial charge in [-0.1, -0.05) is 0 Å². The predicted molar refractivity (Wildman–Crippen MR) is 37.6 cm³/mol. The van der Waals surface area contributed by atoms with Crippen LogP contribution in [0.15, 0.2) is 9.98 Å². The Bertz CT molecular complexity index is 196. The molecule has 0 saturated heterocycles. The fourth-order valence-corrected chi connectivity index (χ4v) is 0.799. The summed E-state index contributed by atoms with van der Waals surface area (Å²) < 4.78 is 0. The highest BCUT2D eigenvalue weighted by Gasteiger charge is 2.25. The lowest BCUT2D eigenvalue weighted by atomic mass is 10.1. The molecule has 10 heavy (non-hydrogen) atoms. The van der Waals surface area contributed by atoms with E-state index in [-0.39, 0.29) is 6.42 Å². The number of nitrogens with zero attached hydrogens (tertiary/aromatic N) is 2. The van der Waals surface area contributed by atoms with E-state index >= 15 is 0 Å². The van der Waals surface area contributed by atoms with Crippen LogP contribution in [0.5, 0.6) is 0 Å².